The number of carbonyl (C=O) groups excluding carboxylic acids is 1. The number of para-hydroxylation sites is 2. The number of anilines is 1. The molecule has 1 saturated heterocycles. The van der Waals surface area contributed by atoms with E-state index in [9.17, 15) is 9.90 Å². The molecule has 1 unspecified atom stereocenters. The molecular weight excluding hydrogens is 552 g/mol. The Morgan fingerprint density at radius 3 is 2.05 bits per heavy atom. The predicted octanol–water partition coefficient (Wildman–Crippen LogP) is 6.61. The molecule has 9 nitrogen and oxygen atoms in total. The van der Waals surface area contributed by atoms with E-state index in [1.807, 2.05) is 23.2 Å². The van der Waals surface area contributed by atoms with Gasteiger partial charge < -0.3 is 33.8 Å². The van der Waals surface area contributed by atoms with E-state index >= 15 is 0 Å². The lowest BCUT2D eigenvalue weighted by atomic mass is 10.0. The van der Waals surface area contributed by atoms with Crippen LogP contribution in [0.4, 0.5) is 10.5 Å². The number of benzene rings is 3. The number of pyridine rings is 1. The average Bonchev–Trinajstić information content (AvgIpc) is 3.73. The summed E-state index contributed by atoms with van der Waals surface area (Å²) in [4.78, 5) is 24.9. The van der Waals surface area contributed by atoms with Gasteiger partial charge in [-0.25, -0.2) is 4.79 Å². The standard InChI is InChI=1S/C35H32N6O3/c42-34-31-26(21-37-34)29-24-5-1-3-7-27(24)40-15-11-23(12-16-41-28-8-4-2-6-25(28)30(31)33(41)32(29)40)44-35(43)39-19-17-38(18-20-39)22-9-13-36-14-10-22/h1-10,13-14,21,23,37,42H,11-12,15-20H2. The van der Waals surface area contributed by atoms with E-state index in [2.05, 4.69) is 72.5 Å². The van der Waals surface area contributed by atoms with Crippen molar-refractivity contribution in [1.29, 1.82) is 0 Å². The lowest BCUT2D eigenvalue weighted by Crippen LogP contribution is -2.49. The summed E-state index contributed by atoms with van der Waals surface area (Å²) >= 11 is 0. The Labute approximate surface area is 252 Å². The zero-order chi connectivity index (χ0) is 29.4. The molecule has 0 saturated carbocycles. The van der Waals surface area contributed by atoms with Crippen LogP contribution >= 0.6 is 0 Å². The van der Waals surface area contributed by atoms with Crippen molar-refractivity contribution in [2.24, 2.45) is 0 Å². The van der Waals surface area contributed by atoms with Crippen LogP contribution in [-0.2, 0) is 17.8 Å². The largest absolute Gasteiger partial charge is 0.494 e. The molecule has 6 heterocycles. The maximum Gasteiger partial charge on any atom is 0.410 e. The molecule has 2 aliphatic heterocycles. The van der Waals surface area contributed by atoms with Crippen LogP contribution in [0.15, 0.2) is 79.3 Å². The van der Waals surface area contributed by atoms with Crippen molar-refractivity contribution in [2.75, 3.05) is 31.1 Å². The quantitative estimate of drug-likeness (QED) is 0.239. The first-order chi connectivity index (χ1) is 21.7. The predicted molar refractivity (Wildman–Crippen MR) is 173 cm³/mol. The Balaban J connectivity index is 1.12. The first kappa shape index (κ1) is 25.3. The Kier molecular flexibility index (Phi) is 5.57. The highest BCUT2D eigenvalue weighted by Crippen LogP contribution is 2.47. The first-order valence-electron chi connectivity index (χ1n) is 15.4. The summed E-state index contributed by atoms with van der Waals surface area (Å²) in [5.41, 5.74) is 5.69. The van der Waals surface area contributed by atoms with Crippen molar-refractivity contribution in [3.63, 3.8) is 0 Å². The van der Waals surface area contributed by atoms with Crippen LogP contribution in [0, 0.1) is 0 Å². The Bertz CT molecular complexity index is 2220. The summed E-state index contributed by atoms with van der Waals surface area (Å²) < 4.78 is 11.1. The van der Waals surface area contributed by atoms with Gasteiger partial charge in [-0.2, -0.15) is 0 Å². The van der Waals surface area contributed by atoms with Crippen LogP contribution in [0.5, 0.6) is 5.88 Å². The van der Waals surface area contributed by atoms with E-state index in [-0.39, 0.29) is 18.1 Å². The van der Waals surface area contributed by atoms with Crippen LogP contribution < -0.4 is 4.90 Å². The molecule has 220 valence electrons. The van der Waals surface area contributed by atoms with Crippen molar-refractivity contribution in [3.05, 3.63) is 79.3 Å². The van der Waals surface area contributed by atoms with Gasteiger partial charge in [0.15, 0.2) is 5.88 Å². The van der Waals surface area contributed by atoms with Crippen LogP contribution in [0.1, 0.15) is 12.8 Å². The molecule has 1 amide bonds. The third-order valence-electron chi connectivity index (χ3n) is 9.73. The summed E-state index contributed by atoms with van der Waals surface area (Å²) in [5.74, 6) is 0.192. The molecule has 1 fully saturated rings. The highest BCUT2D eigenvalue weighted by Gasteiger charge is 2.29. The Morgan fingerprint density at radius 1 is 0.750 bits per heavy atom. The molecule has 1 atom stereocenters. The molecule has 9 rings (SSSR count). The van der Waals surface area contributed by atoms with E-state index < -0.39 is 0 Å². The fourth-order valence-electron chi connectivity index (χ4n) is 7.68. The second-order valence-electron chi connectivity index (χ2n) is 12.0. The van der Waals surface area contributed by atoms with E-state index in [1.165, 1.54) is 5.52 Å². The van der Waals surface area contributed by atoms with Crippen molar-refractivity contribution in [1.82, 2.24) is 24.0 Å². The number of ether oxygens (including phenoxy) is 1. The zero-order valence-electron chi connectivity index (χ0n) is 24.2. The van der Waals surface area contributed by atoms with Crippen molar-refractivity contribution < 1.29 is 14.6 Å². The van der Waals surface area contributed by atoms with Crippen LogP contribution in [-0.4, -0.2) is 67.5 Å². The molecule has 4 aromatic heterocycles. The molecule has 2 N–H and O–H groups in total. The van der Waals surface area contributed by atoms with Gasteiger partial charge >= 0.3 is 6.09 Å². The Morgan fingerprint density at radius 2 is 1.36 bits per heavy atom. The van der Waals surface area contributed by atoms with Crippen molar-refractivity contribution in [2.45, 2.75) is 32.0 Å². The van der Waals surface area contributed by atoms with Gasteiger partial charge in [0, 0.05) is 114 Å². The highest BCUT2D eigenvalue weighted by molar-refractivity contribution is 6.36. The number of hydrogen-bond donors (Lipinski definition) is 2. The van der Waals surface area contributed by atoms with Gasteiger partial charge in [-0.15, -0.1) is 0 Å². The number of aryl methyl sites for hydroxylation is 2. The number of aromatic amines is 1. The average molecular weight is 585 g/mol. The number of hydrogen-bond acceptors (Lipinski definition) is 5. The van der Waals surface area contributed by atoms with Gasteiger partial charge in [0.2, 0.25) is 0 Å². The topological polar surface area (TPSA) is 91.5 Å². The Hall–Kier alpha value is -5.18. The van der Waals surface area contributed by atoms with E-state index in [0.29, 0.717) is 26.1 Å². The smallest absolute Gasteiger partial charge is 0.410 e. The maximum absolute atomic E-state index is 13.5. The SMILES string of the molecule is O=C(OC1CCn2c3ccccc3c3c4c[nH]c(O)c4c4c5ccccc5n(c4c32)CC1)N1CCN(c2ccncc2)CC1. The summed E-state index contributed by atoms with van der Waals surface area (Å²) in [6.45, 7) is 4.20. The number of aromatic hydroxyl groups is 1. The molecule has 2 aliphatic rings. The molecule has 0 aliphatic carbocycles. The molecule has 0 spiro atoms. The van der Waals surface area contributed by atoms with Gasteiger partial charge in [-0.1, -0.05) is 36.4 Å². The molecule has 0 bridgehead atoms. The minimum Gasteiger partial charge on any atom is -0.494 e. The number of H-pyrrole nitrogens is 1. The normalized spacial score (nSPS) is 17.6. The number of carbonyl (C=O) groups is 1. The number of nitrogens with zero attached hydrogens (tertiary/aromatic N) is 5. The third kappa shape index (κ3) is 3.65. The minimum absolute atomic E-state index is 0.192. The van der Waals surface area contributed by atoms with Gasteiger partial charge in [0.1, 0.15) is 6.10 Å². The third-order valence-corrected chi connectivity index (χ3v) is 9.73. The van der Waals surface area contributed by atoms with Crippen LogP contribution in [0.2, 0.25) is 0 Å². The molecule has 9 heteroatoms. The monoisotopic (exact) mass is 584 g/mol. The molecule has 7 aromatic rings. The minimum atomic E-state index is -0.234. The van der Waals surface area contributed by atoms with Gasteiger partial charge in [-0.05, 0) is 24.3 Å². The fraction of sp³-hybridized carbons (Fsp3) is 0.257. The summed E-state index contributed by atoms with van der Waals surface area (Å²) in [7, 11) is 0. The van der Waals surface area contributed by atoms with Gasteiger partial charge in [0.25, 0.3) is 0 Å². The first-order valence-corrected chi connectivity index (χ1v) is 15.4. The highest BCUT2D eigenvalue weighted by atomic mass is 16.6. The molecule has 0 radical (unpaired) electrons. The lowest BCUT2D eigenvalue weighted by molar-refractivity contribution is 0.0505. The van der Waals surface area contributed by atoms with E-state index in [4.69, 9.17) is 4.74 Å². The van der Waals surface area contributed by atoms with Crippen LogP contribution in [0.3, 0.4) is 0 Å². The fourth-order valence-corrected chi connectivity index (χ4v) is 7.68. The number of amides is 1. The maximum atomic E-state index is 13.5. The number of fused-ring (bicyclic) bond motifs is 9. The number of nitrogens with one attached hydrogen (secondary N) is 1. The second kappa shape index (κ2) is 9.67. The summed E-state index contributed by atoms with van der Waals surface area (Å²) in [5, 5.41) is 17.5. The lowest BCUT2D eigenvalue weighted by Gasteiger charge is -2.36. The molecular formula is C35H32N6O3. The van der Waals surface area contributed by atoms with Crippen molar-refractivity contribution in [3.8, 4) is 5.88 Å². The number of rotatable bonds is 2. The van der Waals surface area contributed by atoms with Crippen molar-refractivity contribution >= 4 is 66.2 Å². The molecule has 3 aromatic carbocycles. The van der Waals surface area contributed by atoms with Gasteiger partial charge in [0.05, 0.1) is 16.4 Å². The summed E-state index contributed by atoms with van der Waals surface area (Å²) in [6.07, 6.45) is 6.51. The summed E-state index contributed by atoms with van der Waals surface area (Å²) in [6, 6.07) is 21.0. The van der Waals surface area contributed by atoms with E-state index in [0.717, 1.165) is 80.6 Å². The van der Waals surface area contributed by atoms with Gasteiger partial charge in [-0.3, -0.25) is 4.98 Å². The zero-order valence-corrected chi connectivity index (χ0v) is 24.2. The van der Waals surface area contributed by atoms with Crippen LogP contribution in [0.25, 0.3) is 54.4 Å². The number of piperazine rings is 1. The molecule has 44 heavy (non-hydrogen) atoms. The number of aromatic nitrogens is 4. The van der Waals surface area contributed by atoms with E-state index in [1.54, 1.807) is 12.4 Å². The second-order valence-corrected chi connectivity index (χ2v) is 12.0.